The first-order chi connectivity index (χ1) is 14.0. The van der Waals surface area contributed by atoms with Crippen LogP contribution >= 0.6 is 23.2 Å². The van der Waals surface area contributed by atoms with Gasteiger partial charge in [0.2, 0.25) is 0 Å². The van der Waals surface area contributed by atoms with Gasteiger partial charge in [0.1, 0.15) is 18.5 Å². The van der Waals surface area contributed by atoms with Crippen molar-refractivity contribution in [2.24, 2.45) is 0 Å². The van der Waals surface area contributed by atoms with Gasteiger partial charge in [0.25, 0.3) is 5.91 Å². The molecule has 6 nitrogen and oxygen atoms in total. The summed E-state index contributed by atoms with van der Waals surface area (Å²) in [6.07, 6.45) is -0.654. The van der Waals surface area contributed by atoms with Gasteiger partial charge in [0.05, 0.1) is 22.2 Å². The molecule has 29 heavy (non-hydrogen) atoms. The highest BCUT2D eigenvalue weighted by atomic mass is 35.5. The normalized spacial score (nSPS) is 15.6. The third-order valence-electron chi connectivity index (χ3n) is 4.72. The van der Waals surface area contributed by atoms with Crippen LogP contribution in [0.2, 0.25) is 10.0 Å². The number of carbonyl (C=O) groups excluding carboxylic acids is 1. The van der Waals surface area contributed by atoms with E-state index in [0.717, 1.165) is 0 Å². The van der Waals surface area contributed by atoms with Crippen molar-refractivity contribution < 1.29 is 14.6 Å². The van der Waals surface area contributed by atoms with Crippen LogP contribution in [0.5, 0.6) is 5.75 Å². The first-order valence-electron chi connectivity index (χ1n) is 9.24. The van der Waals surface area contributed by atoms with E-state index < -0.39 is 6.10 Å². The molecule has 0 bridgehead atoms. The minimum Gasteiger partial charge on any atom is -0.491 e. The Labute approximate surface area is 179 Å². The summed E-state index contributed by atoms with van der Waals surface area (Å²) >= 11 is 12.0. The summed E-state index contributed by atoms with van der Waals surface area (Å²) in [5.41, 5.74) is 1.01. The number of halogens is 2. The number of hydrogen-bond donors (Lipinski definition) is 1. The van der Waals surface area contributed by atoms with Gasteiger partial charge in [-0.15, -0.1) is 0 Å². The van der Waals surface area contributed by atoms with Crippen molar-refractivity contribution in [3.8, 4) is 11.8 Å². The third kappa shape index (κ3) is 5.84. The molecule has 3 rings (SSSR count). The largest absolute Gasteiger partial charge is 0.491 e. The fourth-order valence-corrected chi connectivity index (χ4v) is 3.62. The van der Waals surface area contributed by atoms with E-state index in [9.17, 15) is 9.90 Å². The molecule has 8 heteroatoms. The number of aliphatic hydroxyl groups excluding tert-OH is 1. The molecule has 0 aromatic heterocycles. The third-order valence-corrected chi connectivity index (χ3v) is 5.26. The lowest BCUT2D eigenvalue weighted by Crippen LogP contribution is -2.51. The first kappa shape index (κ1) is 21.4. The number of nitrogens with zero attached hydrogens (tertiary/aromatic N) is 3. The van der Waals surface area contributed by atoms with Crippen LogP contribution in [0.25, 0.3) is 0 Å². The van der Waals surface area contributed by atoms with Gasteiger partial charge in [-0.25, -0.2) is 0 Å². The van der Waals surface area contributed by atoms with Crippen molar-refractivity contribution in [1.82, 2.24) is 9.80 Å². The molecular formula is C21H21Cl2N3O3. The first-order valence-corrected chi connectivity index (χ1v) is 9.99. The van der Waals surface area contributed by atoms with Crippen LogP contribution < -0.4 is 4.74 Å². The quantitative estimate of drug-likeness (QED) is 0.757. The molecule has 1 atom stereocenters. The van der Waals surface area contributed by atoms with Gasteiger partial charge in [-0.05, 0) is 42.5 Å². The summed E-state index contributed by atoms with van der Waals surface area (Å²) in [6, 6.07) is 13.7. The minimum atomic E-state index is -0.654. The SMILES string of the molecule is N#Cc1ccc(OCC(O)CN2CCN(C(=O)c3ccc(Cl)cc3Cl)CC2)cc1. The zero-order valence-corrected chi connectivity index (χ0v) is 17.2. The zero-order chi connectivity index (χ0) is 20.8. The number of rotatable bonds is 6. The number of β-amino-alcohol motifs (C(OH)–C–C–N with tert-alkyl or cyclic N) is 1. The molecule has 1 amide bonds. The number of aliphatic hydroxyl groups is 1. The lowest BCUT2D eigenvalue weighted by molar-refractivity contribution is 0.0404. The molecule has 0 saturated carbocycles. The molecule has 152 valence electrons. The Kier molecular flexibility index (Phi) is 7.34. The van der Waals surface area contributed by atoms with Crippen molar-refractivity contribution in [2.75, 3.05) is 39.3 Å². The fraction of sp³-hybridized carbons (Fsp3) is 0.333. The van der Waals surface area contributed by atoms with Gasteiger partial charge in [-0.3, -0.25) is 9.69 Å². The summed E-state index contributed by atoms with van der Waals surface area (Å²) < 4.78 is 5.57. The second-order valence-electron chi connectivity index (χ2n) is 6.82. The maximum absolute atomic E-state index is 12.7. The van der Waals surface area contributed by atoms with Gasteiger partial charge in [0.15, 0.2) is 0 Å². The molecular weight excluding hydrogens is 413 g/mol. The number of nitriles is 1. The molecule has 1 saturated heterocycles. The van der Waals surface area contributed by atoms with E-state index in [0.29, 0.717) is 59.6 Å². The van der Waals surface area contributed by atoms with Crippen LogP contribution in [0.1, 0.15) is 15.9 Å². The number of hydrogen-bond acceptors (Lipinski definition) is 5. The highest BCUT2D eigenvalue weighted by Crippen LogP contribution is 2.23. The van der Waals surface area contributed by atoms with Crippen LogP contribution in [-0.4, -0.2) is 66.2 Å². The van der Waals surface area contributed by atoms with Gasteiger partial charge >= 0.3 is 0 Å². The molecule has 0 spiro atoms. The smallest absolute Gasteiger partial charge is 0.255 e. The van der Waals surface area contributed by atoms with Crippen molar-refractivity contribution in [1.29, 1.82) is 5.26 Å². The maximum atomic E-state index is 12.7. The van der Waals surface area contributed by atoms with E-state index in [1.807, 2.05) is 6.07 Å². The van der Waals surface area contributed by atoms with Crippen LogP contribution in [-0.2, 0) is 0 Å². The average molecular weight is 434 g/mol. The topological polar surface area (TPSA) is 76.8 Å². The number of amides is 1. The summed E-state index contributed by atoms with van der Waals surface area (Å²) in [7, 11) is 0. The summed E-state index contributed by atoms with van der Waals surface area (Å²) in [5, 5.41) is 19.9. The molecule has 2 aromatic rings. The van der Waals surface area contributed by atoms with Crippen molar-refractivity contribution >= 4 is 29.1 Å². The number of carbonyl (C=O) groups is 1. The van der Waals surface area contributed by atoms with Gasteiger partial charge in [0, 0.05) is 37.7 Å². The van der Waals surface area contributed by atoms with Gasteiger partial charge < -0.3 is 14.7 Å². The molecule has 1 fully saturated rings. The van der Waals surface area contributed by atoms with Crippen molar-refractivity contribution in [3.63, 3.8) is 0 Å². The summed E-state index contributed by atoms with van der Waals surface area (Å²) in [4.78, 5) is 16.5. The lowest BCUT2D eigenvalue weighted by atomic mass is 10.1. The second kappa shape index (κ2) is 9.95. The Bertz CT molecular complexity index is 891. The maximum Gasteiger partial charge on any atom is 0.255 e. The van der Waals surface area contributed by atoms with Crippen molar-refractivity contribution in [3.05, 3.63) is 63.6 Å². The van der Waals surface area contributed by atoms with Gasteiger partial charge in [-0.1, -0.05) is 23.2 Å². The van der Waals surface area contributed by atoms with E-state index in [2.05, 4.69) is 4.90 Å². The predicted molar refractivity (Wildman–Crippen MR) is 111 cm³/mol. The Morgan fingerprint density at radius 2 is 1.83 bits per heavy atom. The monoisotopic (exact) mass is 433 g/mol. The molecule has 1 unspecified atom stereocenters. The zero-order valence-electron chi connectivity index (χ0n) is 15.7. The summed E-state index contributed by atoms with van der Waals surface area (Å²) in [6.45, 7) is 3.04. The highest BCUT2D eigenvalue weighted by Gasteiger charge is 2.24. The van der Waals surface area contributed by atoms with E-state index in [-0.39, 0.29) is 12.5 Å². The Hall–Kier alpha value is -2.30. The van der Waals surface area contributed by atoms with Crippen LogP contribution in [0.3, 0.4) is 0 Å². The lowest BCUT2D eigenvalue weighted by Gasteiger charge is -2.35. The van der Waals surface area contributed by atoms with E-state index in [4.69, 9.17) is 33.2 Å². The Morgan fingerprint density at radius 3 is 2.45 bits per heavy atom. The molecule has 0 radical (unpaired) electrons. The number of ether oxygens (including phenoxy) is 1. The highest BCUT2D eigenvalue weighted by molar-refractivity contribution is 6.36. The molecule has 1 heterocycles. The van der Waals surface area contributed by atoms with Crippen molar-refractivity contribution in [2.45, 2.75) is 6.10 Å². The van der Waals surface area contributed by atoms with Crippen LogP contribution in [0, 0.1) is 11.3 Å². The molecule has 1 aliphatic rings. The van der Waals surface area contributed by atoms with E-state index in [1.54, 1.807) is 47.4 Å². The molecule has 0 aliphatic carbocycles. The van der Waals surface area contributed by atoms with E-state index >= 15 is 0 Å². The molecule has 1 aliphatic heterocycles. The fourth-order valence-electron chi connectivity index (χ4n) is 3.14. The Morgan fingerprint density at radius 1 is 1.14 bits per heavy atom. The standard InChI is InChI=1S/C21H21Cl2N3O3/c22-16-3-6-19(20(23)11-16)21(28)26-9-7-25(8-10-26)13-17(27)14-29-18-4-1-15(12-24)2-5-18/h1-6,11,17,27H,7-10,13-14H2. The summed E-state index contributed by atoms with van der Waals surface area (Å²) in [5.74, 6) is 0.495. The van der Waals surface area contributed by atoms with E-state index in [1.165, 1.54) is 0 Å². The number of benzene rings is 2. The molecule has 2 aromatic carbocycles. The Balaban J connectivity index is 1.44. The second-order valence-corrected chi connectivity index (χ2v) is 7.66. The number of piperazine rings is 1. The average Bonchev–Trinajstić information content (AvgIpc) is 2.73. The van der Waals surface area contributed by atoms with Gasteiger partial charge in [-0.2, -0.15) is 5.26 Å². The molecule has 1 N–H and O–H groups in total. The minimum absolute atomic E-state index is 0.115. The van der Waals surface area contributed by atoms with Crippen LogP contribution in [0.4, 0.5) is 0 Å². The predicted octanol–water partition coefficient (Wildman–Crippen LogP) is 3.06. The van der Waals surface area contributed by atoms with Crippen LogP contribution in [0.15, 0.2) is 42.5 Å².